The van der Waals surface area contributed by atoms with Crippen LogP contribution in [0, 0.1) is 11.8 Å². The third kappa shape index (κ3) is 2.40. The molecule has 0 saturated heterocycles. The molecule has 0 heterocycles. The summed E-state index contributed by atoms with van der Waals surface area (Å²) in [6, 6.07) is 7.80. The lowest BCUT2D eigenvalue weighted by Crippen LogP contribution is -2.13. The fourth-order valence-corrected chi connectivity index (χ4v) is 2.37. The van der Waals surface area contributed by atoms with E-state index in [0.29, 0.717) is 5.78 Å². The average molecular weight is 223 g/mol. The minimum atomic E-state index is 0.237. The van der Waals surface area contributed by atoms with Crippen LogP contribution in [0.4, 0.5) is 0 Å². The van der Waals surface area contributed by atoms with E-state index in [1.165, 1.54) is 5.56 Å². The van der Waals surface area contributed by atoms with Crippen LogP contribution >= 0.6 is 11.6 Å². The largest absolute Gasteiger partial charge is 0.299 e. The van der Waals surface area contributed by atoms with Gasteiger partial charge in [0.2, 0.25) is 0 Å². The van der Waals surface area contributed by atoms with Crippen molar-refractivity contribution in [2.45, 2.75) is 26.2 Å². The summed E-state index contributed by atoms with van der Waals surface area (Å²) >= 11 is 5.81. The summed E-state index contributed by atoms with van der Waals surface area (Å²) in [6.45, 7) is 2.03. The van der Waals surface area contributed by atoms with Crippen molar-refractivity contribution in [2.75, 3.05) is 0 Å². The SMILES string of the molecule is CC1CCC(Cc2ccc(Cl)cc2)C1=O. The van der Waals surface area contributed by atoms with Gasteiger partial charge in [0.15, 0.2) is 0 Å². The molecule has 0 aromatic heterocycles. The van der Waals surface area contributed by atoms with E-state index in [-0.39, 0.29) is 11.8 Å². The number of Topliss-reactive ketones (excluding diaryl/α,β-unsaturated/α-hetero) is 1. The van der Waals surface area contributed by atoms with Crippen LogP contribution < -0.4 is 0 Å². The van der Waals surface area contributed by atoms with Gasteiger partial charge in [-0.2, -0.15) is 0 Å². The first-order valence-corrected chi connectivity index (χ1v) is 5.83. The van der Waals surface area contributed by atoms with Crippen LogP contribution in [0.5, 0.6) is 0 Å². The minimum absolute atomic E-state index is 0.237. The molecule has 1 aromatic rings. The Labute approximate surface area is 95.4 Å². The lowest BCUT2D eigenvalue weighted by molar-refractivity contribution is -0.123. The Morgan fingerprint density at radius 1 is 1.27 bits per heavy atom. The topological polar surface area (TPSA) is 17.1 Å². The number of rotatable bonds is 2. The van der Waals surface area contributed by atoms with Crippen LogP contribution in [0.1, 0.15) is 25.3 Å². The minimum Gasteiger partial charge on any atom is -0.299 e. The van der Waals surface area contributed by atoms with E-state index in [1.54, 1.807) is 0 Å². The van der Waals surface area contributed by atoms with Crippen molar-refractivity contribution in [1.29, 1.82) is 0 Å². The van der Waals surface area contributed by atoms with E-state index in [2.05, 4.69) is 0 Å². The van der Waals surface area contributed by atoms with Crippen LogP contribution in [0.2, 0.25) is 5.02 Å². The van der Waals surface area contributed by atoms with E-state index < -0.39 is 0 Å². The molecule has 1 saturated carbocycles. The van der Waals surface area contributed by atoms with E-state index >= 15 is 0 Å². The van der Waals surface area contributed by atoms with Gasteiger partial charge in [-0.3, -0.25) is 4.79 Å². The van der Waals surface area contributed by atoms with Crippen molar-refractivity contribution in [3.63, 3.8) is 0 Å². The number of carbonyl (C=O) groups excluding carboxylic acids is 1. The van der Waals surface area contributed by atoms with Gasteiger partial charge in [-0.05, 0) is 37.0 Å². The second-order valence-electron chi connectivity index (χ2n) is 4.41. The zero-order valence-corrected chi connectivity index (χ0v) is 9.63. The molecule has 2 unspecified atom stereocenters. The third-order valence-corrected chi connectivity index (χ3v) is 3.48. The van der Waals surface area contributed by atoms with E-state index in [9.17, 15) is 4.79 Å². The maximum atomic E-state index is 11.8. The summed E-state index contributed by atoms with van der Waals surface area (Å²) in [6.07, 6.45) is 2.97. The number of hydrogen-bond donors (Lipinski definition) is 0. The smallest absolute Gasteiger partial charge is 0.139 e. The first-order valence-electron chi connectivity index (χ1n) is 5.45. The number of hydrogen-bond acceptors (Lipinski definition) is 1. The second-order valence-corrected chi connectivity index (χ2v) is 4.84. The number of ketones is 1. The molecule has 0 aliphatic heterocycles. The van der Waals surface area contributed by atoms with Gasteiger partial charge in [-0.25, -0.2) is 0 Å². The molecule has 0 N–H and O–H groups in total. The molecule has 1 aliphatic rings. The quantitative estimate of drug-likeness (QED) is 0.749. The van der Waals surface area contributed by atoms with Gasteiger partial charge in [0.05, 0.1) is 0 Å². The number of halogens is 1. The van der Waals surface area contributed by atoms with Crippen molar-refractivity contribution >= 4 is 17.4 Å². The summed E-state index contributed by atoms with van der Waals surface area (Å²) < 4.78 is 0. The zero-order valence-electron chi connectivity index (χ0n) is 8.87. The molecule has 0 radical (unpaired) electrons. The Morgan fingerprint density at radius 3 is 2.47 bits per heavy atom. The zero-order chi connectivity index (χ0) is 10.8. The number of benzene rings is 1. The fourth-order valence-electron chi connectivity index (χ4n) is 2.25. The lowest BCUT2D eigenvalue weighted by atomic mass is 9.96. The highest BCUT2D eigenvalue weighted by Crippen LogP contribution is 2.29. The van der Waals surface area contributed by atoms with E-state index in [1.807, 2.05) is 31.2 Å². The molecule has 2 atom stereocenters. The van der Waals surface area contributed by atoms with Gasteiger partial charge in [0.25, 0.3) is 0 Å². The first kappa shape index (κ1) is 10.7. The van der Waals surface area contributed by atoms with Crippen molar-refractivity contribution in [1.82, 2.24) is 0 Å². The van der Waals surface area contributed by atoms with Crippen molar-refractivity contribution < 1.29 is 4.79 Å². The van der Waals surface area contributed by atoms with Crippen LogP contribution in [-0.4, -0.2) is 5.78 Å². The van der Waals surface area contributed by atoms with Crippen LogP contribution in [0.25, 0.3) is 0 Å². The maximum Gasteiger partial charge on any atom is 0.139 e. The normalized spacial score (nSPS) is 25.9. The highest BCUT2D eigenvalue weighted by Gasteiger charge is 2.30. The molecular formula is C13H15ClO. The van der Waals surface area contributed by atoms with E-state index in [4.69, 9.17) is 11.6 Å². The highest BCUT2D eigenvalue weighted by atomic mass is 35.5. The molecule has 2 rings (SSSR count). The monoisotopic (exact) mass is 222 g/mol. The van der Waals surface area contributed by atoms with Crippen molar-refractivity contribution in [2.24, 2.45) is 11.8 Å². The molecule has 2 heteroatoms. The Bertz CT molecular complexity index is 355. The van der Waals surface area contributed by atoms with Gasteiger partial charge in [0, 0.05) is 16.9 Å². The second kappa shape index (κ2) is 4.36. The van der Waals surface area contributed by atoms with E-state index in [0.717, 1.165) is 24.3 Å². The Kier molecular flexibility index (Phi) is 3.11. The molecule has 1 fully saturated rings. The molecule has 0 spiro atoms. The van der Waals surface area contributed by atoms with Gasteiger partial charge >= 0.3 is 0 Å². The summed E-state index contributed by atoms with van der Waals surface area (Å²) in [5, 5.41) is 0.755. The molecule has 0 amide bonds. The van der Waals surface area contributed by atoms with Crippen LogP contribution in [0.15, 0.2) is 24.3 Å². The van der Waals surface area contributed by atoms with Gasteiger partial charge in [-0.1, -0.05) is 30.7 Å². The van der Waals surface area contributed by atoms with Crippen LogP contribution in [0.3, 0.4) is 0 Å². The predicted octanol–water partition coefficient (Wildman–Crippen LogP) is 3.50. The van der Waals surface area contributed by atoms with Gasteiger partial charge in [0.1, 0.15) is 5.78 Å². The summed E-state index contributed by atoms with van der Waals surface area (Å²) in [5.41, 5.74) is 1.21. The third-order valence-electron chi connectivity index (χ3n) is 3.23. The lowest BCUT2D eigenvalue weighted by Gasteiger charge is -2.08. The molecule has 15 heavy (non-hydrogen) atoms. The molecule has 1 aromatic carbocycles. The summed E-state index contributed by atoms with van der Waals surface area (Å²) in [7, 11) is 0. The van der Waals surface area contributed by atoms with Crippen molar-refractivity contribution in [3.05, 3.63) is 34.9 Å². The molecule has 0 bridgehead atoms. The Morgan fingerprint density at radius 2 is 1.93 bits per heavy atom. The molecular weight excluding hydrogens is 208 g/mol. The number of carbonyl (C=O) groups is 1. The summed E-state index contributed by atoms with van der Waals surface area (Å²) in [5.74, 6) is 0.938. The van der Waals surface area contributed by atoms with Gasteiger partial charge < -0.3 is 0 Å². The molecule has 1 nitrogen and oxygen atoms in total. The molecule has 80 valence electrons. The standard InChI is InChI=1S/C13H15ClO/c1-9-2-5-11(13(9)15)8-10-3-6-12(14)7-4-10/h3-4,6-7,9,11H,2,5,8H2,1H3. The Balaban J connectivity index is 2.03. The predicted molar refractivity (Wildman–Crippen MR) is 62.1 cm³/mol. The van der Waals surface area contributed by atoms with Crippen molar-refractivity contribution in [3.8, 4) is 0 Å². The highest BCUT2D eigenvalue weighted by molar-refractivity contribution is 6.30. The Hall–Kier alpha value is -0.820. The first-order chi connectivity index (χ1) is 7.16. The van der Waals surface area contributed by atoms with Crippen LogP contribution in [-0.2, 0) is 11.2 Å². The fraction of sp³-hybridized carbons (Fsp3) is 0.462. The molecule has 1 aliphatic carbocycles. The summed E-state index contributed by atoms with van der Waals surface area (Å²) in [4.78, 5) is 11.8. The maximum absolute atomic E-state index is 11.8. The average Bonchev–Trinajstić information content (AvgIpc) is 2.53. The van der Waals surface area contributed by atoms with Gasteiger partial charge in [-0.15, -0.1) is 0 Å².